The Balaban J connectivity index is 2.15. The molecule has 0 heterocycles. The van der Waals surface area contributed by atoms with Gasteiger partial charge in [0.15, 0.2) is 0 Å². The largest absolute Gasteiger partial charge is 0.398 e. The van der Waals surface area contributed by atoms with Gasteiger partial charge in [0.1, 0.15) is 0 Å². The van der Waals surface area contributed by atoms with Gasteiger partial charge in [0.05, 0.1) is 0 Å². The predicted octanol–water partition coefficient (Wildman–Crippen LogP) is 4.17. The first-order valence-electron chi connectivity index (χ1n) is 6.70. The van der Waals surface area contributed by atoms with E-state index in [1.165, 1.54) is 12.8 Å². The minimum atomic E-state index is 0.687. The number of nitrogen functional groups attached to an aromatic ring is 1. The summed E-state index contributed by atoms with van der Waals surface area (Å²) < 4.78 is 0. The van der Waals surface area contributed by atoms with Gasteiger partial charge in [-0.2, -0.15) is 0 Å². The highest BCUT2D eigenvalue weighted by molar-refractivity contribution is 6.31. The van der Waals surface area contributed by atoms with Gasteiger partial charge >= 0.3 is 0 Å². The Bertz CT molecular complexity index is 450. The summed E-state index contributed by atoms with van der Waals surface area (Å²) in [5.74, 6) is 1.58. The maximum atomic E-state index is 6.03. The molecular weight excluding hydrogens is 244 g/mol. The van der Waals surface area contributed by atoms with E-state index in [0.717, 1.165) is 40.9 Å². The maximum Gasteiger partial charge on any atom is 0.0439 e. The topological polar surface area (TPSA) is 38.4 Å². The van der Waals surface area contributed by atoms with E-state index in [1.54, 1.807) is 0 Å². The van der Waals surface area contributed by atoms with Gasteiger partial charge in [-0.1, -0.05) is 25.4 Å². The molecule has 1 atom stereocenters. The number of rotatable bonds is 5. The molecular formula is C15H21ClN2. The van der Waals surface area contributed by atoms with Crippen LogP contribution < -0.4 is 5.73 Å². The normalized spacial score (nSPS) is 17.8. The Hall–Kier alpha value is -1.02. The zero-order valence-electron chi connectivity index (χ0n) is 11.1. The van der Waals surface area contributed by atoms with E-state index in [4.69, 9.17) is 22.3 Å². The summed E-state index contributed by atoms with van der Waals surface area (Å²) in [4.78, 5) is 4.75. The van der Waals surface area contributed by atoms with Crippen LogP contribution in [-0.2, 0) is 0 Å². The van der Waals surface area contributed by atoms with Crippen molar-refractivity contribution in [3.8, 4) is 0 Å². The zero-order chi connectivity index (χ0) is 13.1. The minimum absolute atomic E-state index is 0.687. The van der Waals surface area contributed by atoms with Crippen LogP contribution in [0.3, 0.4) is 0 Å². The standard InChI is InChI=1S/C15H21ClN2/c1-3-15(18-9-10(2)11-4-5-11)13-8-12(16)6-7-14(13)17/h6-8,10-11H,3-5,9,17H2,1-2H3. The van der Waals surface area contributed by atoms with Gasteiger partial charge in [0.2, 0.25) is 0 Å². The molecule has 0 aromatic heterocycles. The van der Waals surface area contributed by atoms with Gasteiger partial charge in [-0.15, -0.1) is 0 Å². The maximum absolute atomic E-state index is 6.03. The summed E-state index contributed by atoms with van der Waals surface area (Å²) in [6, 6.07) is 5.59. The molecule has 0 amide bonds. The molecule has 0 saturated heterocycles. The highest BCUT2D eigenvalue weighted by atomic mass is 35.5. The molecule has 1 fully saturated rings. The fourth-order valence-corrected chi connectivity index (χ4v) is 2.41. The average molecular weight is 265 g/mol. The number of nitrogens with zero attached hydrogens (tertiary/aromatic N) is 1. The molecule has 1 aliphatic rings. The summed E-state index contributed by atoms with van der Waals surface area (Å²) in [6.07, 6.45) is 3.64. The van der Waals surface area contributed by atoms with Crippen molar-refractivity contribution in [1.29, 1.82) is 0 Å². The smallest absolute Gasteiger partial charge is 0.0439 e. The van der Waals surface area contributed by atoms with Gasteiger partial charge in [-0.25, -0.2) is 0 Å². The van der Waals surface area contributed by atoms with E-state index in [0.29, 0.717) is 5.92 Å². The van der Waals surface area contributed by atoms with Crippen molar-refractivity contribution in [2.45, 2.75) is 33.1 Å². The first-order chi connectivity index (χ1) is 8.61. The molecule has 0 spiro atoms. The lowest BCUT2D eigenvalue weighted by atomic mass is 10.0. The molecule has 1 aromatic rings. The lowest BCUT2D eigenvalue weighted by molar-refractivity contribution is 0.522. The third kappa shape index (κ3) is 3.26. The molecule has 1 aliphatic carbocycles. The Morgan fingerprint density at radius 1 is 1.50 bits per heavy atom. The van der Waals surface area contributed by atoms with E-state index in [-0.39, 0.29) is 0 Å². The lowest BCUT2D eigenvalue weighted by Crippen LogP contribution is -2.08. The Kier molecular flexibility index (Phi) is 4.28. The van der Waals surface area contributed by atoms with Gasteiger partial charge in [0.25, 0.3) is 0 Å². The van der Waals surface area contributed by atoms with Crippen molar-refractivity contribution in [3.05, 3.63) is 28.8 Å². The fourth-order valence-electron chi connectivity index (χ4n) is 2.23. The molecule has 2 rings (SSSR count). The van der Waals surface area contributed by atoms with Gasteiger partial charge < -0.3 is 5.73 Å². The van der Waals surface area contributed by atoms with Crippen molar-refractivity contribution in [2.24, 2.45) is 16.8 Å². The quantitative estimate of drug-likeness (QED) is 0.629. The van der Waals surface area contributed by atoms with Crippen LogP contribution in [0.5, 0.6) is 0 Å². The monoisotopic (exact) mass is 264 g/mol. The lowest BCUT2D eigenvalue weighted by Gasteiger charge is -2.11. The van der Waals surface area contributed by atoms with Crippen LogP contribution in [0.15, 0.2) is 23.2 Å². The summed E-state index contributed by atoms with van der Waals surface area (Å²) in [6.45, 7) is 5.30. The van der Waals surface area contributed by atoms with Gasteiger partial charge in [0, 0.05) is 28.5 Å². The second kappa shape index (κ2) is 5.75. The molecule has 0 aliphatic heterocycles. The number of hydrogen-bond donors (Lipinski definition) is 1. The molecule has 2 N–H and O–H groups in total. The molecule has 0 radical (unpaired) electrons. The summed E-state index contributed by atoms with van der Waals surface area (Å²) in [5, 5.41) is 0.718. The summed E-state index contributed by atoms with van der Waals surface area (Å²) >= 11 is 6.03. The average Bonchev–Trinajstić information content (AvgIpc) is 3.18. The summed E-state index contributed by atoms with van der Waals surface area (Å²) in [7, 11) is 0. The molecule has 1 unspecified atom stereocenters. The molecule has 1 aromatic carbocycles. The van der Waals surface area contributed by atoms with E-state index in [1.807, 2.05) is 18.2 Å². The second-order valence-electron chi connectivity index (χ2n) is 5.19. The van der Waals surface area contributed by atoms with E-state index < -0.39 is 0 Å². The van der Waals surface area contributed by atoms with E-state index in [2.05, 4.69) is 13.8 Å². The van der Waals surface area contributed by atoms with Crippen molar-refractivity contribution < 1.29 is 0 Å². The van der Waals surface area contributed by atoms with Crippen LogP contribution in [0.4, 0.5) is 5.69 Å². The Labute approximate surface area is 114 Å². The van der Waals surface area contributed by atoms with Crippen LogP contribution in [0, 0.1) is 11.8 Å². The fraction of sp³-hybridized carbons (Fsp3) is 0.533. The number of benzene rings is 1. The zero-order valence-corrected chi connectivity index (χ0v) is 11.9. The molecule has 2 nitrogen and oxygen atoms in total. The third-order valence-electron chi connectivity index (χ3n) is 3.66. The van der Waals surface area contributed by atoms with E-state index >= 15 is 0 Å². The molecule has 1 saturated carbocycles. The van der Waals surface area contributed by atoms with Crippen LogP contribution in [-0.4, -0.2) is 12.3 Å². The van der Waals surface area contributed by atoms with Crippen LogP contribution in [0.2, 0.25) is 5.02 Å². The molecule has 98 valence electrons. The second-order valence-corrected chi connectivity index (χ2v) is 5.62. The van der Waals surface area contributed by atoms with Crippen molar-refractivity contribution in [1.82, 2.24) is 0 Å². The number of anilines is 1. The van der Waals surface area contributed by atoms with Gasteiger partial charge in [-0.05, 0) is 49.3 Å². The number of hydrogen-bond acceptors (Lipinski definition) is 2. The number of aliphatic imine (C=N–C) groups is 1. The highest BCUT2D eigenvalue weighted by Gasteiger charge is 2.27. The first kappa shape index (κ1) is 13.4. The van der Waals surface area contributed by atoms with Crippen molar-refractivity contribution in [2.75, 3.05) is 12.3 Å². The summed E-state index contributed by atoms with van der Waals surface area (Å²) in [5.41, 5.74) is 8.83. The Morgan fingerprint density at radius 2 is 2.22 bits per heavy atom. The molecule has 0 bridgehead atoms. The number of halogens is 1. The highest BCUT2D eigenvalue weighted by Crippen LogP contribution is 2.36. The molecule has 18 heavy (non-hydrogen) atoms. The van der Waals surface area contributed by atoms with Crippen molar-refractivity contribution in [3.63, 3.8) is 0 Å². The SMILES string of the molecule is CCC(=NCC(C)C1CC1)c1cc(Cl)ccc1N. The molecule has 3 heteroatoms. The third-order valence-corrected chi connectivity index (χ3v) is 3.89. The Morgan fingerprint density at radius 3 is 2.83 bits per heavy atom. The minimum Gasteiger partial charge on any atom is -0.398 e. The number of nitrogens with two attached hydrogens (primary N) is 1. The van der Waals surface area contributed by atoms with Crippen LogP contribution in [0.1, 0.15) is 38.7 Å². The van der Waals surface area contributed by atoms with Gasteiger partial charge in [-0.3, -0.25) is 4.99 Å². The van der Waals surface area contributed by atoms with Crippen LogP contribution in [0.25, 0.3) is 0 Å². The predicted molar refractivity (Wildman–Crippen MR) is 79.4 cm³/mol. The first-order valence-corrected chi connectivity index (χ1v) is 7.08. The van der Waals surface area contributed by atoms with Crippen LogP contribution >= 0.6 is 11.6 Å². The van der Waals surface area contributed by atoms with Crippen molar-refractivity contribution >= 4 is 23.0 Å². The van der Waals surface area contributed by atoms with E-state index in [9.17, 15) is 0 Å².